The molecule has 30 heavy (non-hydrogen) atoms. The fraction of sp³-hybridized carbons (Fsp3) is 0.273. The summed E-state index contributed by atoms with van der Waals surface area (Å²) in [4.78, 5) is 17.9. The Morgan fingerprint density at radius 3 is 2.93 bits per heavy atom. The van der Waals surface area contributed by atoms with Crippen molar-refractivity contribution >= 4 is 33.1 Å². The lowest BCUT2D eigenvalue weighted by Gasteiger charge is -2.28. The Labute approximate surface area is 173 Å². The minimum atomic E-state index is -0.325. The van der Waals surface area contributed by atoms with Crippen LogP contribution in [-0.4, -0.2) is 33.8 Å². The number of benzene rings is 2. The Kier molecular flexibility index (Phi) is 4.65. The lowest BCUT2D eigenvalue weighted by Crippen LogP contribution is -2.44. The second-order valence-corrected chi connectivity index (χ2v) is 7.72. The van der Waals surface area contributed by atoms with Crippen molar-refractivity contribution in [2.45, 2.75) is 32.0 Å². The van der Waals surface area contributed by atoms with Gasteiger partial charge in [0.1, 0.15) is 6.23 Å². The smallest absolute Gasteiger partial charge is 0.295 e. The zero-order valence-electron chi connectivity index (χ0n) is 16.7. The Morgan fingerprint density at radius 2 is 2.07 bits per heavy atom. The highest BCUT2D eigenvalue weighted by Gasteiger charge is 2.21. The average Bonchev–Trinajstić information content (AvgIpc) is 3.12. The van der Waals surface area contributed by atoms with Crippen LogP contribution in [0.1, 0.15) is 18.4 Å². The van der Waals surface area contributed by atoms with Crippen LogP contribution in [0.25, 0.3) is 21.7 Å². The Morgan fingerprint density at radius 1 is 1.23 bits per heavy atom. The van der Waals surface area contributed by atoms with Crippen LogP contribution in [-0.2, 0) is 4.74 Å². The molecule has 8 heteroatoms. The number of nitrogens with zero attached hydrogens (tertiary/aromatic N) is 2. The molecule has 0 unspecified atom stereocenters. The molecule has 8 nitrogen and oxygen atoms in total. The van der Waals surface area contributed by atoms with Gasteiger partial charge in [-0.2, -0.15) is 5.10 Å². The molecule has 0 spiro atoms. The molecule has 1 aliphatic rings. The van der Waals surface area contributed by atoms with Crippen LogP contribution in [0.3, 0.4) is 0 Å². The van der Waals surface area contributed by atoms with E-state index >= 15 is 0 Å². The van der Waals surface area contributed by atoms with Crippen LogP contribution in [0.2, 0.25) is 0 Å². The number of hydrogen-bond donors (Lipinski definition) is 4. The molecular formula is C22H24N6O2. The van der Waals surface area contributed by atoms with Gasteiger partial charge in [-0.25, -0.2) is 0 Å². The fourth-order valence-corrected chi connectivity index (χ4v) is 4.05. The predicted octanol–water partition coefficient (Wildman–Crippen LogP) is 2.94. The second kappa shape index (κ2) is 7.47. The molecule has 2 atom stereocenters. The summed E-state index contributed by atoms with van der Waals surface area (Å²) < 4.78 is 5.39. The number of fused-ring (bicyclic) bond motifs is 2. The van der Waals surface area contributed by atoms with E-state index in [0.29, 0.717) is 18.4 Å². The molecule has 0 bridgehead atoms. The number of aromatic nitrogens is 3. The summed E-state index contributed by atoms with van der Waals surface area (Å²) in [5, 5.41) is 10.3. The van der Waals surface area contributed by atoms with Crippen molar-refractivity contribution in [1.82, 2.24) is 14.9 Å². The molecule has 1 saturated heterocycles. The highest BCUT2D eigenvalue weighted by molar-refractivity contribution is 5.99. The Bertz CT molecular complexity index is 1280. The quantitative estimate of drug-likeness (QED) is 0.416. The second-order valence-electron chi connectivity index (χ2n) is 7.72. The van der Waals surface area contributed by atoms with Gasteiger partial charge in [0.15, 0.2) is 0 Å². The summed E-state index contributed by atoms with van der Waals surface area (Å²) in [5.41, 5.74) is 12.7. The van der Waals surface area contributed by atoms with Gasteiger partial charge in [0.2, 0.25) is 0 Å². The van der Waals surface area contributed by atoms with Crippen molar-refractivity contribution in [2.24, 2.45) is 5.73 Å². The van der Waals surface area contributed by atoms with E-state index in [1.165, 1.54) is 10.4 Å². The number of hydrogen-bond acceptors (Lipinski definition) is 6. The summed E-state index contributed by atoms with van der Waals surface area (Å²) in [6.07, 6.45) is 4.76. The van der Waals surface area contributed by atoms with Crippen molar-refractivity contribution in [3.63, 3.8) is 0 Å². The minimum absolute atomic E-state index is 0.0344. The number of aryl methyl sites for hydroxylation is 1. The maximum Gasteiger partial charge on any atom is 0.295 e. The van der Waals surface area contributed by atoms with Gasteiger partial charge in [0.25, 0.3) is 5.56 Å². The van der Waals surface area contributed by atoms with E-state index in [1.54, 1.807) is 6.20 Å². The monoisotopic (exact) mass is 404 g/mol. The number of nitrogens with two attached hydrogens (primary N) is 1. The number of rotatable bonds is 4. The molecule has 4 aromatic rings. The molecule has 5 N–H and O–H groups in total. The van der Waals surface area contributed by atoms with E-state index in [2.05, 4.69) is 33.8 Å². The van der Waals surface area contributed by atoms with Crippen LogP contribution in [0, 0.1) is 6.92 Å². The molecule has 0 radical (unpaired) electrons. The van der Waals surface area contributed by atoms with Gasteiger partial charge < -0.3 is 26.2 Å². The summed E-state index contributed by atoms with van der Waals surface area (Å²) in [6.45, 7) is 2.63. The van der Waals surface area contributed by atoms with Crippen LogP contribution < -0.4 is 22.0 Å². The third kappa shape index (κ3) is 3.30. The van der Waals surface area contributed by atoms with E-state index in [-0.39, 0.29) is 17.8 Å². The first-order valence-corrected chi connectivity index (χ1v) is 10.1. The summed E-state index contributed by atoms with van der Waals surface area (Å²) >= 11 is 0. The van der Waals surface area contributed by atoms with Crippen molar-refractivity contribution in [2.75, 3.05) is 17.3 Å². The van der Waals surface area contributed by atoms with Gasteiger partial charge in [-0.3, -0.25) is 4.79 Å². The van der Waals surface area contributed by atoms with Crippen LogP contribution in [0.15, 0.2) is 53.6 Å². The summed E-state index contributed by atoms with van der Waals surface area (Å²) in [7, 11) is 0. The highest BCUT2D eigenvalue weighted by Crippen LogP contribution is 2.29. The van der Waals surface area contributed by atoms with E-state index < -0.39 is 0 Å². The maximum absolute atomic E-state index is 13.3. The largest absolute Gasteiger partial charge is 0.363 e. The number of nitrogens with one attached hydrogen (secondary N) is 3. The highest BCUT2D eigenvalue weighted by atomic mass is 16.5. The molecular weight excluding hydrogens is 380 g/mol. The lowest BCUT2D eigenvalue weighted by atomic mass is 10.1. The molecule has 0 amide bonds. The summed E-state index contributed by atoms with van der Waals surface area (Å²) in [5.74, 6) is 0. The van der Waals surface area contributed by atoms with Gasteiger partial charge in [-0.15, -0.1) is 4.79 Å². The van der Waals surface area contributed by atoms with E-state index in [0.717, 1.165) is 34.1 Å². The molecule has 2 aromatic heterocycles. The molecule has 5 rings (SSSR count). The molecule has 0 saturated carbocycles. The SMILES string of the molecule is Cc1c[nH]c2c(Nc3cccc4cnn(N[C@@H]5CCO[C@@H](N)C5)c(=O)c34)cccc12. The standard InChI is InChI=1S/C22H24N6O2/c1-13-11-24-21-16(13)5-3-7-18(21)26-17-6-2-4-14-12-25-28(22(29)20(14)17)27-15-8-9-30-19(23)10-15/h2-7,11-12,15,19,24,26-27H,8-10,23H2,1H3/t15-,19-/m1/s1. The number of aromatic amines is 1. The molecule has 0 aliphatic carbocycles. The van der Waals surface area contributed by atoms with Gasteiger partial charge in [0, 0.05) is 23.4 Å². The van der Waals surface area contributed by atoms with Crippen molar-refractivity contribution < 1.29 is 4.74 Å². The first-order valence-electron chi connectivity index (χ1n) is 10.1. The number of anilines is 2. The third-order valence-corrected chi connectivity index (χ3v) is 5.63. The van der Waals surface area contributed by atoms with Crippen LogP contribution >= 0.6 is 0 Å². The number of ether oxygens (including phenoxy) is 1. The molecule has 154 valence electrons. The normalized spacial score (nSPS) is 19.3. The zero-order valence-corrected chi connectivity index (χ0v) is 16.7. The Hall–Kier alpha value is -3.36. The number of H-pyrrole nitrogens is 1. The molecule has 3 heterocycles. The first kappa shape index (κ1) is 18.7. The molecule has 1 aliphatic heterocycles. The summed E-state index contributed by atoms with van der Waals surface area (Å²) in [6, 6.07) is 11.8. The van der Waals surface area contributed by atoms with Crippen molar-refractivity contribution in [1.29, 1.82) is 0 Å². The molecule has 2 aromatic carbocycles. The van der Waals surface area contributed by atoms with Crippen LogP contribution in [0.4, 0.5) is 11.4 Å². The van der Waals surface area contributed by atoms with Crippen LogP contribution in [0.5, 0.6) is 0 Å². The first-order chi connectivity index (χ1) is 14.6. The third-order valence-electron chi connectivity index (χ3n) is 5.63. The average molecular weight is 404 g/mol. The fourth-order valence-electron chi connectivity index (χ4n) is 4.05. The maximum atomic E-state index is 13.3. The predicted molar refractivity (Wildman–Crippen MR) is 119 cm³/mol. The van der Waals surface area contributed by atoms with E-state index in [9.17, 15) is 4.79 Å². The van der Waals surface area contributed by atoms with Crippen molar-refractivity contribution in [3.05, 3.63) is 64.7 Å². The van der Waals surface area contributed by atoms with Gasteiger partial charge in [0.05, 0.1) is 41.1 Å². The van der Waals surface area contributed by atoms with E-state index in [1.807, 2.05) is 36.5 Å². The topological polar surface area (TPSA) is 110 Å². The number of para-hydroxylation sites is 1. The van der Waals surface area contributed by atoms with Gasteiger partial charge in [-0.1, -0.05) is 24.3 Å². The van der Waals surface area contributed by atoms with Gasteiger partial charge in [-0.05, 0) is 31.0 Å². The minimum Gasteiger partial charge on any atom is -0.363 e. The zero-order chi connectivity index (χ0) is 20.7. The van der Waals surface area contributed by atoms with Crippen molar-refractivity contribution in [3.8, 4) is 0 Å². The lowest BCUT2D eigenvalue weighted by molar-refractivity contribution is 0.0133. The molecule has 1 fully saturated rings. The Balaban J connectivity index is 1.54. The van der Waals surface area contributed by atoms with Gasteiger partial charge >= 0.3 is 0 Å². The van der Waals surface area contributed by atoms with E-state index in [4.69, 9.17) is 10.5 Å².